The number of hydrogen-bond acceptors (Lipinski definition) is 6. The molecule has 0 unspecified atom stereocenters. The summed E-state index contributed by atoms with van der Waals surface area (Å²) in [5.41, 5.74) is 0. The van der Waals surface area contributed by atoms with Gasteiger partial charge in [0.1, 0.15) is 12.4 Å². The molecule has 6 heteroatoms. The molecule has 3 rings (SSSR count). The fraction of sp³-hybridized carbons (Fsp3) is 0.731. The van der Waals surface area contributed by atoms with Crippen LogP contribution in [-0.4, -0.2) is 52.1 Å². The molecule has 2 fully saturated rings. The molecule has 0 spiro atoms. The number of aliphatic hydroxyl groups excluding tert-OH is 2. The van der Waals surface area contributed by atoms with Gasteiger partial charge in [0.25, 0.3) is 0 Å². The maximum atomic E-state index is 11.8. The first-order chi connectivity index (χ1) is 15.4. The minimum absolute atomic E-state index is 0.0408. The van der Waals surface area contributed by atoms with Crippen molar-refractivity contribution < 1.29 is 24.5 Å². The van der Waals surface area contributed by atoms with Crippen LogP contribution in [0.2, 0.25) is 0 Å². The first-order valence-corrected chi connectivity index (χ1v) is 13.3. The number of thioether (sulfide) groups is 1. The third kappa shape index (κ3) is 7.96. The Balaban J connectivity index is 1.39. The molecule has 1 aromatic carbocycles. The predicted molar refractivity (Wildman–Crippen MR) is 129 cm³/mol. The zero-order chi connectivity index (χ0) is 22.9. The second-order valence-corrected chi connectivity index (χ2v) is 11.0. The molecule has 0 aromatic heterocycles. The lowest BCUT2D eigenvalue weighted by Crippen LogP contribution is -2.25. The van der Waals surface area contributed by atoms with Gasteiger partial charge in [-0.1, -0.05) is 18.2 Å². The highest BCUT2D eigenvalue weighted by Gasteiger charge is 2.43. The average molecular weight is 465 g/mol. The Kier molecular flexibility index (Phi) is 10.2. The van der Waals surface area contributed by atoms with Gasteiger partial charge in [-0.15, -0.1) is 0 Å². The molecule has 32 heavy (non-hydrogen) atoms. The maximum Gasteiger partial charge on any atom is 0.306 e. The van der Waals surface area contributed by atoms with Gasteiger partial charge in [-0.25, -0.2) is 0 Å². The molecule has 1 heterocycles. The van der Waals surface area contributed by atoms with Crippen LogP contribution in [-0.2, 0) is 9.53 Å². The van der Waals surface area contributed by atoms with Crippen LogP contribution < -0.4 is 4.74 Å². The van der Waals surface area contributed by atoms with Crippen molar-refractivity contribution in [1.29, 1.82) is 0 Å². The summed E-state index contributed by atoms with van der Waals surface area (Å²) in [7, 11) is 0. The number of fused-ring (bicyclic) bond motifs is 1. The molecule has 1 aliphatic heterocycles. The van der Waals surface area contributed by atoms with Crippen molar-refractivity contribution in [2.75, 3.05) is 12.4 Å². The van der Waals surface area contributed by atoms with Gasteiger partial charge in [0.2, 0.25) is 0 Å². The summed E-state index contributed by atoms with van der Waals surface area (Å²) in [6.45, 7) is 4.06. The van der Waals surface area contributed by atoms with Crippen molar-refractivity contribution in [3.63, 3.8) is 0 Å². The highest BCUT2D eigenvalue weighted by Crippen LogP contribution is 2.47. The van der Waals surface area contributed by atoms with E-state index in [1.165, 1.54) is 0 Å². The largest absolute Gasteiger partial charge is 0.491 e. The fourth-order valence-electron chi connectivity index (χ4n) is 5.26. The molecule has 0 radical (unpaired) electrons. The topological polar surface area (TPSA) is 76.0 Å². The average Bonchev–Trinajstić information content (AvgIpc) is 2.92. The number of benzene rings is 1. The molecule has 1 aliphatic carbocycles. The second kappa shape index (κ2) is 12.9. The number of esters is 1. The maximum absolute atomic E-state index is 11.8. The Morgan fingerprint density at radius 1 is 1.19 bits per heavy atom. The van der Waals surface area contributed by atoms with E-state index in [4.69, 9.17) is 9.47 Å². The Morgan fingerprint density at radius 3 is 2.72 bits per heavy atom. The van der Waals surface area contributed by atoms with Crippen molar-refractivity contribution in [2.45, 2.75) is 88.8 Å². The minimum Gasteiger partial charge on any atom is -0.491 e. The molecular weight excluding hydrogens is 424 g/mol. The molecule has 1 saturated carbocycles. The summed E-state index contributed by atoms with van der Waals surface area (Å²) < 4.78 is 10.9. The Hall–Kier alpha value is -1.24. The normalized spacial score (nSPS) is 28.7. The van der Waals surface area contributed by atoms with Crippen molar-refractivity contribution in [1.82, 2.24) is 0 Å². The first-order valence-electron chi connectivity index (χ1n) is 12.3. The standard InChI is InChI=1S/C26H40O5S/c1-18(2)31-26(29)10-6-9-22-12-14-23-19(17-32-22)15-25(28)24(23)13-11-20(27)16-30-21-7-4-3-5-8-21/h3-5,7-8,18-20,22-25,27-28H,6,9-17H2,1-2H3/t19-,20-,22+,23+,24-,25-/m1/s1. The molecular formula is C26H40O5S. The van der Waals surface area contributed by atoms with Crippen LogP contribution in [0.25, 0.3) is 0 Å². The quantitative estimate of drug-likeness (QED) is 0.457. The van der Waals surface area contributed by atoms with Crippen molar-refractivity contribution >= 4 is 17.7 Å². The van der Waals surface area contributed by atoms with Crippen LogP contribution in [0.4, 0.5) is 0 Å². The lowest BCUT2D eigenvalue weighted by molar-refractivity contribution is -0.147. The van der Waals surface area contributed by atoms with E-state index in [9.17, 15) is 15.0 Å². The van der Waals surface area contributed by atoms with Gasteiger partial charge < -0.3 is 19.7 Å². The third-order valence-corrected chi connectivity index (χ3v) is 8.42. The van der Waals surface area contributed by atoms with E-state index < -0.39 is 6.10 Å². The van der Waals surface area contributed by atoms with Crippen LogP contribution in [0, 0.1) is 17.8 Å². The lowest BCUT2D eigenvalue weighted by Gasteiger charge is -2.25. The smallest absolute Gasteiger partial charge is 0.306 e. The zero-order valence-electron chi connectivity index (χ0n) is 19.5. The predicted octanol–water partition coefficient (Wildman–Crippen LogP) is 4.84. The minimum atomic E-state index is -0.514. The molecule has 1 aromatic rings. The van der Waals surface area contributed by atoms with Gasteiger partial charge in [-0.2, -0.15) is 11.8 Å². The number of para-hydroxylation sites is 1. The zero-order valence-corrected chi connectivity index (χ0v) is 20.3. The summed E-state index contributed by atoms with van der Waals surface area (Å²) in [5, 5.41) is 21.7. The molecule has 6 atom stereocenters. The van der Waals surface area contributed by atoms with Gasteiger partial charge in [0, 0.05) is 11.7 Å². The molecule has 2 aliphatic rings. The molecule has 0 amide bonds. The number of hydrogen-bond donors (Lipinski definition) is 2. The lowest BCUT2D eigenvalue weighted by atomic mass is 9.82. The van der Waals surface area contributed by atoms with Crippen LogP contribution >= 0.6 is 11.8 Å². The number of rotatable bonds is 11. The third-order valence-electron chi connectivity index (χ3n) is 6.85. The summed E-state index contributed by atoms with van der Waals surface area (Å²) in [6, 6.07) is 9.57. The molecule has 0 bridgehead atoms. The Morgan fingerprint density at radius 2 is 1.97 bits per heavy atom. The number of aliphatic hydroxyl groups is 2. The Labute approximate surface area is 197 Å². The molecule has 1 saturated heterocycles. The van der Waals surface area contributed by atoms with Crippen molar-refractivity contribution in [2.24, 2.45) is 17.8 Å². The van der Waals surface area contributed by atoms with E-state index in [1.54, 1.807) is 0 Å². The van der Waals surface area contributed by atoms with Crippen molar-refractivity contribution in [3.05, 3.63) is 30.3 Å². The van der Waals surface area contributed by atoms with Gasteiger partial charge in [0.05, 0.1) is 18.3 Å². The molecule has 180 valence electrons. The van der Waals surface area contributed by atoms with E-state index in [1.807, 2.05) is 55.9 Å². The SMILES string of the molecule is CC(C)OC(=O)CCC[C@H]1CC[C@H]2[C@@H](CS1)C[C@@H](O)[C@@H]2CC[C@@H](O)COc1ccccc1. The fourth-order valence-corrected chi connectivity index (χ4v) is 6.80. The summed E-state index contributed by atoms with van der Waals surface area (Å²) in [5.74, 6) is 3.15. The second-order valence-electron chi connectivity index (χ2n) is 9.71. The van der Waals surface area contributed by atoms with E-state index in [-0.39, 0.29) is 30.7 Å². The van der Waals surface area contributed by atoms with Crippen molar-refractivity contribution in [3.8, 4) is 5.75 Å². The monoisotopic (exact) mass is 464 g/mol. The number of carbonyl (C=O) groups excluding carboxylic acids is 1. The summed E-state index contributed by atoms with van der Waals surface area (Å²) in [6.07, 6.45) is 6.31. The Bertz CT molecular complexity index is 682. The number of carbonyl (C=O) groups is 1. The van der Waals surface area contributed by atoms with E-state index in [2.05, 4.69) is 0 Å². The van der Waals surface area contributed by atoms with E-state index in [0.717, 1.165) is 50.0 Å². The molecule has 5 nitrogen and oxygen atoms in total. The van der Waals surface area contributed by atoms with Crippen LogP contribution in [0.1, 0.15) is 65.2 Å². The van der Waals surface area contributed by atoms with Gasteiger partial charge in [-0.3, -0.25) is 4.79 Å². The summed E-state index contributed by atoms with van der Waals surface area (Å²) in [4.78, 5) is 11.8. The van der Waals surface area contributed by atoms with Crippen LogP contribution in [0.5, 0.6) is 5.75 Å². The van der Waals surface area contributed by atoms with Gasteiger partial charge >= 0.3 is 5.97 Å². The number of ether oxygens (including phenoxy) is 2. The van der Waals surface area contributed by atoms with Gasteiger partial charge in [0.15, 0.2) is 0 Å². The van der Waals surface area contributed by atoms with E-state index >= 15 is 0 Å². The first kappa shape index (κ1) is 25.4. The highest BCUT2D eigenvalue weighted by atomic mass is 32.2. The van der Waals surface area contributed by atoms with Crippen LogP contribution in [0.15, 0.2) is 30.3 Å². The van der Waals surface area contributed by atoms with Gasteiger partial charge in [-0.05, 0) is 94.4 Å². The molecule has 2 N–H and O–H groups in total. The summed E-state index contributed by atoms with van der Waals surface area (Å²) >= 11 is 2.03. The van der Waals surface area contributed by atoms with Crippen LogP contribution in [0.3, 0.4) is 0 Å². The highest BCUT2D eigenvalue weighted by molar-refractivity contribution is 7.99. The van der Waals surface area contributed by atoms with E-state index in [0.29, 0.717) is 29.9 Å².